The molecule has 2 fully saturated rings. The average molecular weight is 429 g/mol. The second-order valence-electron chi connectivity index (χ2n) is 8.88. The summed E-state index contributed by atoms with van der Waals surface area (Å²) in [7, 11) is 3.55. The fourth-order valence-corrected chi connectivity index (χ4v) is 4.37. The van der Waals surface area contributed by atoms with Crippen LogP contribution >= 0.6 is 0 Å². The summed E-state index contributed by atoms with van der Waals surface area (Å²) in [4.78, 5) is 45.2. The van der Waals surface area contributed by atoms with E-state index >= 15 is 0 Å². The smallest absolute Gasteiger partial charge is 0.236 e. The highest BCUT2D eigenvalue weighted by Gasteiger charge is 2.31. The summed E-state index contributed by atoms with van der Waals surface area (Å²) >= 11 is 0. The summed E-state index contributed by atoms with van der Waals surface area (Å²) in [5.74, 6) is 0.514. The zero-order valence-electron chi connectivity index (χ0n) is 19.0. The highest BCUT2D eigenvalue weighted by atomic mass is 16.2. The topological polar surface area (TPSA) is 64.2 Å². The monoisotopic (exact) mass is 428 g/mol. The lowest BCUT2D eigenvalue weighted by molar-refractivity contribution is -0.140. The maximum Gasteiger partial charge on any atom is 0.236 e. The minimum atomic E-state index is 0.00753. The van der Waals surface area contributed by atoms with Crippen LogP contribution in [0.15, 0.2) is 30.3 Å². The van der Waals surface area contributed by atoms with E-state index in [0.29, 0.717) is 32.6 Å². The maximum absolute atomic E-state index is 13.1. The summed E-state index contributed by atoms with van der Waals surface area (Å²) in [5, 5.41) is 0. The van der Waals surface area contributed by atoms with E-state index in [4.69, 9.17) is 0 Å². The van der Waals surface area contributed by atoms with Gasteiger partial charge in [-0.1, -0.05) is 30.3 Å². The van der Waals surface area contributed by atoms with Crippen LogP contribution in [0.1, 0.15) is 31.2 Å². The van der Waals surface area contributed by atoms with Crippen LogP contribution in [0.3, 0.4) is 0 Å². The molecule has 2 aliphatic heterocycles. The molecule has 7 heteroatoms. The van der Waals surface area contributed by atoms with E-state index < -0.39 is 0 Å². The van der Waals surface area contributed by atoms with Gasteiger partial charge in [-0.3, -0.25) is 19.3 Å². The molecule has 170 valence electrons. The minimum Gasteiger partial charge on any atom is -0.348 e. The predicted octanol–water partition coefficient (Wildman–Crippen LogP) is 1.48. The number of benzene rings is 1. The number of aryl methyl sites for hydroxylation is 1. The van der Waals surface area contributed by atoms with Gasteiger partial charge in [0, 0.05) is 65.7 Å². The number of likely N-dealkylation sites (N-methyl/N-ethyl adjacent to an activating group) is 1. The Hall–Kier alpha value is -2.41. The molecule has 2 saturated heterocycles. The quantitative estimate of drug-likeness (QED) is 0.689. The third kappa shape index (κ3) is 6.79. The minimum absolute atomic E-state index is 0.00753. The number of amides is 3. The molecule has 0 spiro atoms. The fraction of sp³-hybridized carbons (Fsp3) is 0.625. The van der Waals surface area contributed by atoms with E-state index in [1.54, 1.807) is 19.0 Å². The predicted molar refractivity (Wildman–Crippen MR) is 120 cm³/mol. The standard InChI is InChI=1S/C24H36N4O3/c1-25(2)23(30)19-26-13-6-14-28(18-17-26)24(31)21-11-15-27(16-12-21)22(29)10-9-20-7-4-3-5-8-20/h3-5,7-8,21H,6,9-19H2,1-2H3. The summed E-state index contributed by atoms with van der Waals surface area (Å²) in [6.45, 7) is 4.76. The van der Waals surface area contributed by atoms with Gasteiger partial charge in [0.05, 0.1) is 6.54 Å². The summed E-state index contributed by atoms with van der Waals surface area (Å²) in [5.41, 5.74) is 1.18. The van der Waals surface area contributed by atoms with Crippen molar-refractivity contribution in [2.45, 2.75) is 32.1 Å². The van der Waals surface area contributed by atoms with Crippen LogP contribution in [-0.4, -0.2) is 97.2 Å². The molecule has 0 bridgehead atoms. The molecule has 0 aliphatic carbocycles. The van der Waals surface area contributed by atoms with Crippen LogP contribution < -0.4 is 0 Å². The molecule has 2 heterocycles. The van der Waals surface area contributed by atoms with Crippen LogP contribution in [0.5, 0.6) is 0 Å². The molecule has 1 aromatic carbocycles. The molecule has 7 nitrogen and oxygen atoms in total. The van der Waals surface area contributed by atoms with E-state index in [1.807, 2.05) is 28.0 Å². The molecule has 3 amide bonds. The Morgan fingerprint density at radius 1 is 0.903 bits per heavy atom. The number of carbonyl (C=O) groups excluding carboxylic acids is 3. The van der Waals surface area contributed by atoms with Crippen LogP contribution in [-0.2, 0) is 20.8 Å². The first-order valence-corrected chi connectivity index (χ1v) is 11.5. The van der Waals surface area contributed by atoms with E-state index in [-0.39, 0.29) is 23.6 Å². The van der Waals surface area contributed by atoms with Gasteiger partial charge in [0.25, 0.3) is 0 Å². The Bertz CT molecular complexity index is 744. The summed E-state index contributed by atoms with van der Waals surface area (Å²) < 4.78 is 0. The van der Waals surface area contributed by atoms with Crippen molar-refractivity contribution in [2.75, 3.05) is 59.9 Å². The number of hydrogen-bond acceptors (Lipinski definition) is 4. The van der Waals surface area contributed by atoms with Crippen molar-refractivity contribution in [1.29, 1.82) is 0 Å². The summed E-state index contributed by atoms with van der Waals surface area (Å²) in [6.07, 6.45) is 3.67. The zero-order chi connectivity index (χ0) is 22.2. The second kappa shape index (κ2) is 11.3. The Kier molecular flexibility index (Phi) is 8.46. The van der Waals surface area contributed by atoms with E-state index in [9.17, 15) is 14.4 Å². The molecule has 0 unspecified atom stereocenters. The largest absolute Gasteiger partial charge is 0.348 e. The number of hydrogen-bond donors (Lipinski definition) is 0. The van der Waals surface area contributed by atoms with Gasteiger partial charge in [-0.25, -0.2) is 0 Å². The van der Waals surface area contributed by atoms with Crippen molar-refractivity contribution in [3.63, 3.8) is 0 Å². The van der Waals surface area contributed by atoms with Crippen molar-refractivity contribution in [1.82, 2.24) is 19.6 Å². The van der Waals surface area contributed by atoms with Crippen LogP contribution in [0.4, 0.5) is 0 Å². The SMILES string of the molecule is CN(C)C(=O)CN1CCCN(C(=O)C2CCN(C(=O)CCc3ccccc3)CC2)CC1. The number of likely N-dealkylation sites (tertiary alicyclic amines) is 1. The molecule has 0 aromatic heterocycles. The Morgan fingerprint density at radius 2 is 1.61 bits per heavy atom. The highest BCUT2D eigenvalue weighted by molar-refractivity contribution is 5.80. The second-order valence-corrected chi connectivity index (χ2v) is 8.88. The fourth-order valence-electron chi connectivity index (χ4n) is 4.37. The molecule has 1 aromatic rings. The molecule has 31 heavy (non-hydrogen) atoms. The van der Waals surface area contributed by atoms with Gasteiger partial charge in [0.1, 0.15) is 0 Å². The molecule has 0 radical (unpaired) electrons. The first-order chi connectivity index (χ1) is 14.9. The first-order valence-electron chi connectivity index (χ1n) is 11.5. The third-order valence-electron chi connectivity index (χ3n) is 6.43. The van der Waals surface area contributed by atoms with E-state index in [0.717, 1.165) is 45.3 Å². The maximum atomic E-state index is 13.1. The normalized spacial score (nSPS) is 18.5. The average Bonchev–Trinajstić information content (AvgIpc) is 3.03. The molecule has 0 N–H and O–H groups in total. The molecular formula is C24H36N4O3. The lowest BCUT2D eigenvalue weighted by Crippen LogP contribution is -2.45. The van der Waals surface area contributed by atoms with Crippen LogP contribution in [0.25, 0.3) is 0 Å². The van der Waals surface area contributed by atoms with Gasteiger partial charge in [0.15, 0.2) is 0 Å². The van der Waals surface area contributed by atoms with Gasteiger partial charge >= 0.3 is 0 Å². The van der Waals surface area contributed by atoms with E-state index in [2.05, 4.69) is 17.0 Å². The van der Waals surface area contributed by atoms with E-state index in [1.165, 1.54) is 5.56 Å². The van der Waals surface area contributed by atoms with Gasteiger partial charge in [-0.05, 0) is 31.2 Å². The van der Waals surface area contributed by atoms with Crippen LogP contribution in [0, 0.1) is 5.92 Å². The molecule has 2 aliphatic rings. The van der Waals surface area contributed by atoms with Crippen molar-refractivity contribution >= 4 is 17.7 Å². The number of carbonyl (C=O) groups is 3. The summed E-state index contributed by atoms with van der Waals surface area (Å²) in [6, 6.07) is 10.1. The zero-order valence-corrected chi connectivity index (χ0v) is 19.0. The van der Waals surface area contributed by atoms with Crippen LogP contribution in [0.2, 0.25) is 0 Å². The molecule has 0 atom stereocenters. The highest BCUT2D eigenvalue weighted by Crippen LogP contribution is 2.21. The Balaban J connectivity index is 1.41. The number of rotatable bonds is 6. The Morgan fingerprint density at radius 3 is 2.29 bits per heavy atom. The first kappa shape index (κ1) is 23.3. The van der Waals surface area contributed by atoms with Gasteiger partial charge in [0.2, 0.25) is 17.7 Å². The van der Waals surface area contributed by atoms with Crippen molar-refractivity contribution < 1.29 is 14.4 Å². The Labute approximate surface area is 186 Å². The van der Waals surface area contributed by atoms with Gasteiger partial charge < -0.3 is 14.7 Å². The van der Waals surface area contributed by atoms with Crippen molar-refractivity contribution in [3.8, 4) is 0 Å². The van der Waals surface area contributed by atoms with Gasteiger partial charge in [-0.2, -0.15) is 0 Å². The van der Waals surface area contributed by atoms with Crippen molar-refractivity contribution in [2.24, 2.45) is 5.92 Å². The third-order valence-corrected chi connectivity index (χ3v) is 6.43. The molecule has 0 saturated carbocycles. The van der Waals surface area contributed by atoms with Gasteiger partial charge in [-0.15, -0.1) is 0 Å². The van der Waals surface area contributed by atoms with Crippen molar-refractivity contribution in [3.05, 3.63) is 35.9 Å². The molecule has 3 rings (SSSR count). The number of piperidine rings is 1. The molecular weight excluding hydrogens is 392 g/mol. The lowest BCUT2D eigenvalue weighted by atomic mass is 9.94. The number of nitrogens with zero attached hydrogens (tertiary/aromatic N) is 4. The lowest BCUT2D eigenvalue weighted by Gasteiger charge is -2.34.